The SMILES string of the molecule is O=C(Nc1cc(Cl)ccc1Cl)C1CNc2ccccc21. The first-order chi connectivity index (χ1) is 9.65. The molecule has 20 heavy (non-hydrogen) atoms. The number of fused-ring (bicyclic) bond motifs is 1. The number of amides is 1. The number of halogens is 2. The largest absolute Gasteiger partial charge is 0.384 e. The van der Waals surface area contributed by atoms with Gasteiger partial charge in [0, 0.05) is 17.3 Å². The van der Waals surface area contributed by atoms with Gasteiger partial charge in [0.25, 0.3) is 0 Å². The third-order valence-corrected chi connectivity index (χ3v) is 3.90. The molecule has 1 aliphatic heterocycles. The van der Waals surface area contributed by atoms with Crippen molar-refractivity contribution in [2.24, 2.45) is 0 Å². The minimum Gasteiger partial charge on any atom is -0.384 e. The number of benzene rings is 2. The van der Waals surface area contributed by atoms with Crippen molar-refractivity contribution in [3.63, 3.8) is 0 Å². The molecule has 3 rings (SSSR count). The van der Waals surface area contributed by atoms with Gasteiger partial charge in [-0.15, -0.1) is 0 Å². The molecule has 0 spiro atoms. The van der Waals surface area contributed by atoms with Gasteiger partial charge in [-0.25, -0.2) is 0 Å². The molecule has 0 aromatic heterocycles. The van der Waals surface area contributed by atoms with Crippen LogP contribution in [0.25, 0.3) is 0 Å². The van der Waals surface area contributed by atoms with Gasteiger partial charge in [-0.2, -0.15) is 0 Å². The molecule has 2 N–H and O–H groups in total. The molecule has 0 bridgehead atoms. The van der Waals surface area contributed by atoms with Crippen molar-refractivity contribution in [1.29, 1.82) is 0 Å². The van der Waals surface area contributed by atoms with Crippen LogP contribution in [0.3, 0.4) is 0 Å². The number of hydrogen-bond acceptors (Lipinski definition) is 2. The lowest BCUT2D eigenvalue weighted by Gasteiger charge is -2.12. The first kappa shape index (κ1) is 13.3. The van der Waals surface area contributed by atoms with Crippen LogP contribution in [0, 0.1) is 0 Å². The van der Waals surface area contributed by atoms with E-state index in [9.17, 15) is 4.79 Å². The Balaban J connectivity index is 1.83. The Kier molecular flexibility index (Phi) is 3.55. The maximum atomic E-state index is 12.4. The van der Waals surface area contributed by atoms with E-state index in [0.29, 0.717) is 22.3 Å². The average Bonchev–Trinajstić information content (AvgIpc) is 2.87. The van der Waals surface area contributed by atoms with Crippen molar-refractivity contribution in [2.45, 2.75) is 5.92 Å². The first-order valence-electron chi connectivity index (χ1n) is 6.24. The summed E-state index contributed by atoms with van der Waals surface area (Å²) in [6, 6.07) is 12.8. The standard InChI is InChI=1S/C15H12Cl2N2O/c16-9-5-6-12(17)14(7-9)19-15(20)11-8-18-13-4-2-1-3-10(11)13/h1-7,11,18H,8H2,(H,19,20). The van der Waals surface area contributed by atoms with Crippen molar-refractivity contribution < 1.29 is 4.79 Å². The lowest BCUT2D eigenvalue weighted by Crippen LogP contribution is -2.22. The summed E-state index contributed by atoms with van der Waals surface area (Å²) in [6.45, 7) is 0.587. The number of carbonyl (C=O) groups is 1. The number of rotatable bonds is 2. The molecule has 0 aliphatic carbocycles. The molecule has 1 atom stereocenters. The van der Waals surface area contributed by atoms with Crippen molar-refractivity contribution in [3.8, 4) is 0 Å². The Bertz CT molecular complexity index is 673. The van der Waals surface area contributed by atoms with E-state index in [-0.39, 0.29) is 11.8 Å². The number of hydrogen-bond donors (Lipinski definition) is 2. The number of anilines is 2. The van der Waals surface area contributed by atoms with Crippen LogP contribution in [0.4, 0.5) is 11.4 Å². The molecule has 0 fully saturated rings. The van der Waals surface area contributed by atoms with Crippen molar-refractivity contribution in [3.05, 3.63) is 58.1 Å². The van der Waals surface area contributed by atoms with E-state index < -0.39 is 0 Å². The predicted octanol–water partition coefficient (Wildman–Crippen LogP) is 4.14. The topological polar surface area (TPSA) is 41.1 Å². The van der Waals surface area contributed by atoms with Crippen LogP contribution in [0.2, 0.25) is 10.0 Å². The van der Waals surface area contributed by atoms with Gasteiger partial charge in [0.1, 0.15) is 0 Å². The molecule has 1 amide bonds. The maximum absolute atomic E-state index is 12.4. The van der Waals surface area contributed by atoms with Crippen LogP contribution in [0.15, 0.2) is 42.5 Å². The van der Waals surface area contributed by atoms with E-state index in [1.165, 1.54) is 0 Å². The van der Waals surface area contributed by atoms with Gasteiger partial charge in [0.15, 0.2) is 0 Å². The summed E-state index contributed by atoms with van der Waals surface area (Å²) in [5, 5.41) is 7.07. The monoisotopic (exact) mass is 306 g/mol. The maximum Gasteiger partial charge on any atom is 0.233 e. The Labute approximate surface area is 126 Å². The Morgan fingerprint density at radius 1 is 1.20 bits per heavy atom. The van der Waals surface area contributed by atoms with E-state index in [1.54, 1.807) is 18.2 Å². The van der Waals surface area contributed by atoms with Crippen LogP contribution in [-0.4, -0.2) is 12.5 Å². The van der Waals surface area contributed by atoms with Gasteiger partial charge in [-0.3, -0.25) is 4.79 Å². The van der Waals surface area contributed by atoms with Gasteiger partial charge >= 0.3 is 0 Å². The zero-order valence-corrected chi connectivity index (χ0v) is 12.0. The molecular weight excluding hydrogens is 295 g/mol. The van der Waals surface area contributed by atoms with Crippen LogP contribution >= 0.6 is 23.2 Å². The molecule has 0 radical (unpaired) electrons. The first-order valence-corrected chi connectivity index (χ1v) is 6.99. The highest BCUT2D eigenvalue weighted by Crippen LogP contribution is 2.33. The molecule has 102 valence electrons. The van der Waals surface area contributed by atoms with Gasteiger partial charge in [0.05, 0.1) is 16.6 Å². The van der Waals surface area contributed by atoms with Crippen LogP contribution in [0.1, 0.15) is 11.5 Å². The summed E-state index contributed by atoms with van der Waals surface area (Å²) < 4.78 is 0. The van der Waals surface area contributed by atoms with E-state index in [2.05, 4.69) is 10.6 Å². The summed E-state index contributed by atoms with van der Waals surface area (Å²) in [4.78, 5) is 12.4. The van der Waals surface area contributed by atoms with E-state index in [0.717, 1.165) is 11.3 Å². The van der Waals surface area contributed by atoms with E-state index in [1.807, 2.05) is 24.3 Å². The zero-order valence-electron chi connectivity index (χ0n) is 10.5. The minimum absolute atomic E-state index is 0.0911. The fourth-order valence-corrected chi connectivity index (χ4v) is 2.67. The van der Waals surface area contributed by atoms with Crippen molar-refractivity contribution in [2.75, 3.05) is 17.2 Å². The molecule has 2 aromatic rings. The van der Waals surface area contributed by atoms with E-state index >= 15 is 0 Å². The minimum atomic E-state index is -0.221. The fraction of sp³-hybridized carbons (Fsp3) is 0.133. The lowest BCUT2D eigenvalue weighted by atomic mass is 10.0. The average molecular weight is 307 g/mol. The van der Waals surface area contributed by atoms with Gasteiger partial charge in [0.2, 0.25) is 5.91 Å². The fourth-order valence-electron chi connectivity index (χ4n) is 2.33. The summed E-state index contributed by atoms with van der Waals surface area (Å²) in [5.74, 6) is -0.312. The molecular formula is C15H12Cl2N2O. The Morgan fingerprint density at radius 2 is 2.00 bits per heavy atom. The summed E-state index contributed by atoms with van der Waals surface area (Å²) in [6.07, 6.45) is 0. The summed E-state index contributed by atoms with van der Waals surface area (Å²) in [7, 11) is 0. The third-order valence-electron chi connectivity index (χ3n) is 3.34. The highest BCUT2D eigenvalue weighted by molar-refractivity contribution is 6.35. The predicted molar refractivity (Wildman–Crippen MR) is 82.8 cm³/mol. The molecule has 3 nitrogen and oxygen atoms in total. The normalized spacial score (nSPS) is 16.4. The molecule has 1 aliphatic rings. The lowest BCUT2D eigenvalue weighted by molar-refractivity contribution is -0.117. The quantitative estimate of drug-likeness (QED) is 0.875. The Hall–Kier alpha value is -1.71. The molecule has 1 heterocycles. The Morgan fingerprint density at radius 3 is 2.85 bits per heavy atom. The highest BCUT2D eigenvalue weighted by Gasteiger charge is 2.28. The second kappa shape index (κ2) is 5.35. The molecule has 1 unspecified atom stereocenters. The highest BCUT2D eigenvalue weighted by atomic mass is 35.5. The third kappa shape index (κ3) is 2.47. The smallest absolute Gasteiger partial charge is 0.233 e. The molecule has 0 saturated heterocycles. The number of para-hydroxylation sites is 1. The van der Waals surface area contributed by atoms with Crippen LogP contribution < -0.4 is 10.6 Å². The van der Waals surface area contributed by atoms with Crippen molar-refractivity contribution in [1.82, 2.24) is 0 Å². The molecule has 5 heteroatoms. The van der Waals surface area contributed by atoms with Gasteiger partial charge in [-0.1, -0.05) is 41.4 Å². The number of carbonyl (C=O) groups excluding carboxylic acids is 1. The second-order valence-electron chi connectivity index (χ2n) is 4.63. The van der Waals surface area contributed by atoms with Gasteiger partial charge in [-0.05, 0) is 29.8 Å². The number of nitrogens with one attached hydrogen (secondary N) is 2. The van der Waals surface area contributed by atoms with Crippen LogP contribution in [-0.2, 0) is 4.79 Å². The molecule has 0 saturated carbocycles. The second-order valence-corrected chi connectivity index (χ2v) is 5.48. The van der Waals surface area contributed by atoms with E-state index in [4.69, 9.17) is 23.2 Å². The van der Waals surface area contributed by atoms with Crippen molar-refractivity contribution >= 4 is 40.5 Å². The summed E-state index contributed by atoms with van der Waals surface area (Å²) >= 11 is 12.0. The van der Waals surface area contributed by atoms with Crippen LogP contribution in [0.5, 0.6) is 0 Å². The molecule has 2 aromatic carbocycles. The zero-order chi connectivity index (χ0) is 14.1. The summed E-state index contributed by atoms with van der Waals surface area (Å²) in [5.41, 5.74) is 2.54. The van der Waals surface area contributed by atoms with Gasteiger partial charge < -0.3 is 10.6 Å².